The van der Waals surface area contributed by atoms with Gasteiger partial charge in [-0.2, -0.15) is 0 Å². The summed E-state index contributed by atoms with van der Waals surface area (Å²) in [6.07, 6.45) is 1.81. The molecule has 0 spiro atoms. The van der Waals surface area contributed by atoms with Gasteiger partial charge in [-0.25, -0.2) is 10.9 Å². The number of nitrogen functional groups attached to an aromatic ring is 1. The summed E-state index contributed by atoms with van der Waals surface area (Å²) < 4.78 is 0. The quantitative estimate of drug-likeness (QED) is 0.498. The van der Waals surface area contributed by atoms with Crippen molar-refractivity contribution in [1.29, 1.82) is 0 Å². The number of benzene rings is 1. The molecule has 1 amide bonds. The van der Waals surface area contributed by atoms with Gasteiger partial charge >= 0.3 is 0 Å². The molecule has 0 aliphatic carbocycles. The summed E-state index contributed by atoms with van der Waals surface area (Å²) in [6.45, 7) is 3.33. The second-order valence-corrected chi connectivity index (χ2v) is 3.21. The van der Waals surface area contributed by atoms with E-state index >= 15 is 0 Å². The highest BCUT2D eigenvalue weighted by atomic mass is 16.1. The molecule has 0 aliphatic heterocycles. The average Bonchev–Trinajstić information content (AvgIpc) is 2.18. The second-order valence-electron chi connectivity index (χ2n) is 3.21. The minimum Gasteiger partial charge on any atom is -0.325 e. The molecule has 0 bridgehead atoms. The SMILES string of the molecule is CC(=O)N/C(C)=C\[NH2+]Nc1ccccc1. The Balaban J connectivity index is 2.35. The number of carbonyl (C=O) groups is 1. The van der Waals surface area contributed by atoms with Crippen LogP contribution < -0.4 is 16.2 Å². The summed E-state index contributed by atoms with van der Waals surface area (Å²) in [5, 5.41) is 2.68. The van der Waals surface area contributed by atoms with Crippen LogP contribution in [-0.2, 0) is 4.79 Å². The number of quaternary nitrogens is 1. The van der Waals surface area contributed by atoms with Crippen molar-refractivity contribution in [1.82, 2.24) is 5.32 Å². The van der Waals surface area contributed by atoms with Crippen LogP contribution in [0.1, 0.15) is 13.8 Å². The van der Waals surface area contributed by atoms with Crippen LogP contribution in [0.4, 0.5) is 5.69 Å². The molecule has 1 rings (SSSR count). The number of hydrogen-bond acceptors (Lipinski definition) is 2. The zero-order chi connectivity index (χ0) is 11.1. The van der Waals surface area contributed by atoms with Gasteiger partial charge in [-0.1, -0.05) is 18.2 Å². The van der Waals surface area contributed by atoms with Crippen molar-refractivity contribution in [3.8, 4) is 0 Å². The van der Waals surface area contributed by atoms with Crippen LogP contribution >= 0.6 is 0 Å². The summed E-state index contributed by atoms with van der Waals surface area (Å²) in [7, 11) is 0. The van der Waals surface area contributed by atoms with E-state index in [4.69, 9.17) is 0 Å². The molecule has 1 aromatic rings. The van der Waals surface area contributed by atoms with E-state index in [1.165, 1.54) is 6.92 Å². The van der Waals surface area contributed by atoms with Crippen LogP contribution in [0.5, 0.6) is 0 Å². The molecule has 0 saturated heterocycles. The van der Waals surface area contributed by atoms with E-state index in [0.717, 1.165) is 11.4 Å². The predicted molar refractivity (Wildman–Crippen MR) is 59.6 cm³/mol. The Hall–Kier alpha value is -1.81. The number of amides is 1. The minimum atomic E-state index is -0.0585. The number of hydrogen-bond donors (Lipinski definition) is 3. The fraction of sp³-hybridized carbons (Fsp3) is 0.182. The van der Waals surface area contributed by atoms with Crippen molar-refractivity contribution in [2.45, 2.75) is 13.8 Å². The fourth-order valence-electron chi connectivity index (χ4n) is 1.12. The van der Waals surface area contributed by atoms with Crippen LogP contribution in [0.2, 0.25) is 0 Å². The Kier molecular flexibility index (Phi) is 4.37. The van der Waals surface area contributed by atoms with E-state index in [1.807, 2.05) is 43.5 Å². The van der Waals surface area contributed by atoms with E-state index in [2.05, 4.69) is 10.7 Å². The average molecular weight is 206 g/mol. The number of anilines is 1. The number of nitrogens with one attached hydrogen (secondary N) is 2. The highest BCUT2D eigenvalue weighted by molar-refractivity contribution is 5.74. The maximum absolute atomic E-state index is 10.7. The first-order valence-corrected chi connectivity index (χ1v) is 4.78. The molecular weight excluding hydrogens is 190 g/mol. The first-order valence-electron chi connectivity index (χ1n) is 4.78. The molecule has 0 aromatic heterocycles. The van der Waals surface area contributed by atoms with E-state index < -0.39 is 0 Å². The molecule has 15 heavy (non-hydrogen) atoms. The zero-order valence-electron chi connectivity index (χ0n) is 8.95. The molecule has 0 aliphatic rings. The Labute approximate surface area is 89.3 Å². The lowest BCUT2D eigenvalue weighted by atomic mass is 10.3. The van der Waals surface area contributed by atoms with Gasteiger partial charge in [0.05, 0.1) is 11.4 Å². The van der Waals surface area contributed by atoms with Crippen LogP contribution in [0.15, 0.2) is 42.2 Å². The highest BCUT2D eigenvalue weighted by Crippen LogP contribution is 2.00. The second kappa shape index (κ2) is 5.82. The number of rotatable bonds is 4. The Morgan fingerprint density at radius 3 is 2.53 bits per heavy atom. The Bertz CT molecular complexity index is 346. The predicted octanol–water partition coefficient (Wildman–Crippen LogP) is 0.574. The van der Waals surface area contributed by atoms with Crippen molar-refractivity contribution in [2.24, 2.45) is 0 Å². The summed E-state index contributed by atoms with van der Waals surface area (Å²) >= 11 is 0. The van der Waals surface area contributed by atoms with Crippen LogP contribution in [0, 0.1) is 0 Å². The molecule has 4 N–H and O–H groups in total. The lowest BCUT2D eigenvalue weighted by Gasteiger charge is -2.02. The molecule has 0 radical (unpaired) electrons. The van der Waals surface area contributed by atoms with E-state index in [-0.39, 0.29) is 5.91 Å². The largest absolute Gasteiger partial charge is 0.325 e. The van der Waals surface area contributed by atoms with Gasteiger partial charge in [0.25, 0.3) is 0 Å². The Morgan fingerprint density at radius 2 is 1.93 bits per heavy atom. The van der Waals surface area contributed by atoms with Gasteiger partial charge in [0.1, 0.15) is 6.20 Å². The lowest BCUT2D eigenvalue weighted by molar-refractivity contribution is -0.556. The topological polar surface area (TPSA) is 57.7 Å². The summed E-state index contributed by atoms with van der Waals surface area (Å²) in [4.78, 5) is 10.7. The molecule has 1 aromatic carbocycles. The number of allylic oxidation sites excluding steroid dienone is 1. The molecule has 0 saturated carbocycles. The lowest BCUT2D eigenvalue weighted by Crippen LogP contribution is -2.83. The molecular formula is C11H16N3O+. The summed E-state index contributed by atoms with van der Waals surface area (Å²) in [5.41, 5.74) is 6.72. The van der Waals surface area contributed by atoms with Gasteiger partial charge < -0.3 is 5.32 Å². The number of para-hydroxylation sites is 1. The summed E-state index contributed by atoms with van der Waals surface area (Å²) in [6, 6.07) is 9.82. The van der Waals surface area contributed by atoms with Crippen molar-refractivity contribution in [3.63, 3.8) is 0 Å². The molecule has 0 fully saturated rings. The Morgan fingerprint density at radius 1 is 1.27 bits per heavy atom. The van der Waals surface area contributed by atoms with Crippen LogP contribution in [-0.4, -0.2) is 5.91 Å². The van der Waals surface area contributed by atoms with E-state index in [9.17, 15) is 4.79 Å². The summed E-state index contributed by atoms with van der Waals surface area (Å²) in [5.74, 6) is -0.0585. The number of nitrogens with two attached hydrogens (primary N) is 1. The van der Waals surface area contributed by atoms with Crippen LogP contribution in [0.25, 0.3) is 0 Å². The van der Waals surface area contributed by atoms with Gasteiger partial charge in [-0.15, -0.1) is 0 Å². The van der Waals surface area contributed by atoms with Gasteiger partial charge in [0.2, 0.25) is 5.91 Å². The maximum Gasteiger partial charge on any atom is 0.221 e. The number of carbonyl (C=O) groups excluding carboxylic acids is 1. The molecule has 0 atom stereocenters. The van der Waals surface area contributed by atoms with Gasteiger partial charge in [0, 0.05) is 6.92 Å². The smallest absolute Gasteiger partial charge is 0.221 e. The zero-order valence-corrected chi connectivity index (χ0v) is 8.95. The van der Waals surface area contributed by atoms with E-state index in [1.54, 1.807) is 5.43 Å². The first kappa shape index (κ1) is 11.3. The van der Waals surface area contributed by atoms with Crippen molar-refractivity contribution < 1.29 is 10.2 Å². The maximum atomic E-state index is 10.7. The minimum absolute atomic E-state index is 0.0585. The van der Waals surface area contributed by atoms with Gasteiger partial charge in [-0.05, 0) is 19.1 Å². The molecule has 80 valence electrons. The molecule has 0 heterocycles. The van der Waals surface area contributed by atoms with Crippen LogP contribution in [0.3, 0.4) is 0 Å². The van der Waals surface area contributed by atoms with Gasteiger partial charge in [-0.3, -0.25) is 4.79 Å². The van der Waals surface area contributed by atoms with Crippen molar-refractivity contribution >= 4 is 11.6 Å². The highest BCUT2D eigenvalue weighted by Gasteiger charge is 1.94. The third-order valence-electron chi connectivity index (χ3n) is 1.73. The van der Waals surface area contributed by atoms with E-state index in [0.29, 0.717) is 0 Å². The first-order chi connectivity index (χ1) is 7.18. The van der Waals surface area contributed by atoms with Crippen molar-refractivity contribution in [3.05, 3.63) is 42.2 Å². The third kappa shape index (κ3) is 4.83. The normalized spacial score (nSPS) is 10.9. The van der Waals surface area contributed by atoms with Gasteiger partial charge in [0.15, 0.2) is 0 Å². The third-order valence-corrected chi connectivity index (χ3v) is 1.73. The molecule has 4 nitrogen and oxygen atoms in total. The van der Waals surface area contributed by atoms with Crippen molar-refractivity contribution in [2.75, 3.05) is 5.43 Å². The molecule has 4 heteroatoms. The molecule has 0 unspecified atom stereocenters. The fourth-order valence-corrected chi connectivity index (χ4v) is 1.12. The standard InChI is InChI=1S/C11H15N3O/c1-9(13-10(2)15)8-12-14-11-6-4-3-5-7-11/h3-8,12,14H,1-2H3,(H,13,15)/p+1/b9-8-. The monoisotopic (exact) mass is 206 g/mol.